The van der Waals surface area contributed by atoms with Gasteiger partial charge in [-0.2, -0.15) is 13.2 Å². The number of aromatic amines is 1. The number of alkyl halides is 3. The highest BCUT2D eigenvalue weighted by Crippen LogP contribution is 2.20. The fraction of sp³-hybridized carbons (Fsp3) is 0.400. The number of aliphatic carboxylic acids is 1. The first-order chi connectivity index (χ1) is 11.6. The van der Waals surface area contributed by atoms with E-state index >= 15 is 0 Å². The summed E-state index contributed by atoms with van der Waals surface area (Å²) in [4.78, 5) is 37.2. The Labute approximate surface area is 139 Å². The third-order valence-corrected chi connectivity index (χ3v) is 3.55. The summed E-state index contributed by atoms with van der Waals surface area (Å²) in [7, 11) is 0. The molecule has 2 rings (SSSR count). The van der Waals surface area contributed by atoms with Gasteiger partial charge in [0, 0.05) is 5.56 Å². The van der Waals surface area contributed by atoms with E-state index in [0.29, 0.717) is 11.0 Å². The SMILES string of the molecule is CCCC(NC(=O)c1ccc2c(c1)[nH]c(=O)n2CC(F)(F)F)C(=O)O. The first-order valence-electron chi connectivity index (χ1n) is 7.45. The Kier molecular flexibility index (Phi) is 5.19. The lowest BCUT2D eigenvalue weighted by atomic mass is 10.1. The summed E-state index contributed by atoms with van der Waals surface area (Å²) in [5.74, 6) is -1.87. The van der Waals surface area contributed by atoms with Crippen LogP contribution in [-0.2, 0) is 11.3 Å². The van der Waals surface area contributed by atoms with Gasteiger partial charge in [-0.1, -0.05) is 13.3 Å². The molecule has 25 heavy (non-hydrogen) atoms. The van der Waals surface area contributed by atoms with E-state index in [2.05, 4.69) is 10.3 Å². The average Bonchev–Trinajstić information content (AvgIpc) is 2.80. The third kappa shape index (κ3) is 4.40. The summed E-state index contributed by atoms with van der Waals surface area (Å²) in [6.07, 6.45) is -3.78. The number of amides is 1. The number of hydrogen-bond acceptors (Lipinski definition) is 3. The topological polar surface area (TPSA) is 104 Å². The van der Waals surface area contributed by atoms with Crippen LogP contribution in [0, 0.1) is 0 Å². The van der Waals surface area contributed by atoms with Crippen LogP contribution in [0.5, 0.6) is 0 Å². The van der Waals surface area contributed by atoms with Crippen LogP contribution < -0.4 is 11.0 Å². The van der Waals surface area contributed by atoms with Gasteiger partial charge < -0.3 is 15.4 Å². The fourth-order valence-corrected chi connectivity index (χ4v) is 2.43. The van der Waals surface area contributed by atoms with Crippen LogP contribution in [0.4, 0.5) is 13.2 Å². The zero-order chi connectivity index (χ0) is 18.8. The predicted octanol–water partition coefficient (Wildman–Crippen LogP) is 1.88. The van der Waals surface area contributed by atoms with Crippen molar-refractivity contribution in [3.05, 3.63) is 34.2 Å². The number of halogens is 3. The van der Waals surface area contributed by atoms with Crippen molar-refractivity contribution in [1.82, 2.24) is 14.9 Å². The van der Waals surface area contributed by atoms with Crippen LogP contribution >= 0.6 is 0 Å². The Balaban J connectivity index is 2.31. The molecule has 0 aliphatic rings. The second kappa shape index (κ2) is 6.99. The van der Waals surface area contributed by atoms with Crippen molar-refractivity contribution in [2.24, 2.45) is 0 Å². The molecule has 0 fully saturated rings. The van der Waals surface area contributed by atoms with Crippen LogP contribution in [-0.4, -0.2) is 38.8 Å². The molecule has 0 bridgehead atoms. The molecule has 1 atom stereocenters. The number of fused-ring (bicyclic) bond motifs is 1. The number of carbonyl (C=O) groups excluding carboxylic acids is 1. The van der Waals surface area contributed by atoms with Crippen molar-refractivity contribution < 1.29 is 27.9 Å². The summed E-state index contributed by atoms with van der Waals surface area (Å²) >= 11 is 0. The third-order valence-electron chi connectivity index (χ3n) is 3.55. The number of nitrogens with zero attached hydrogens (tertiary/aromatic N) is 1. The van der Waals surface area contributed by atoms with Gasteiger partial charge in [0.1, 0.15) is 12.6 Å². The van der Waals surface area contributed by atoms with E-state index in [1.807, 2.05) is 0 Å². The Morgan fingerprint density at radius 1 is 1.36 bits per heavy atom. The van der Waals surface area contributed by atoms with Gasteiger partial charge in [-0.05, 0) is 24.6 Å². The molecule has 3 N–H and O–H groups in total. The number of imidazole rings is 1. The molecule has 2 aromatic rings. The van der Waals surface area contributed by atoms with Gasteiger partial charge in [0.15, 0.2) is 0 Å². The maximum atomic E-state index is 12.5. The van der Waals surface area contributed by atoms with Gasteiger partial charge >= 0.3 is 17.8 Å². The molecule has 1 aromatic heterocycles. The zero-order valence-corrected chi connectivity index (χ0v) is 13.2. The number of benzene rings is 1. The van der Waals surface area contributed by atoms with Gasteiger partial charge in [0.25, 0.3) is 5.91 Å². The maximum Gasteiger partial charge on any atom is 0.406 e. The predicted molar refractivity (Wildman–Crippen MR) is 82.4 cm³/mol. The molecule has 0 saturated heterocycles. The van der Waals surface area contributed by atoms with E-state index in [0.717, 1.165) is 0 Å². The number of H-pyrrole nitrogens is 1. The Morgan fingerprint density at radius 2 is 2.04 bits per heavy atom. The summed E-state index contributed by atoms with van der Waals surface area (Å²) < 4.78 is 38.1. The highest BCUT2D eigenvalue weighted by Gasteiger charge is 2.30. The number of carboxylic acids is 1. The van der Waals surface area contributed by atoms with Gasteiger partial charge in [0.2, 0.25) is 0 Å². The van der Waals surface area contributed by atoms with Crippen molar-refractivity contribution >= 4 is 22.9 Å². The Morgan fingerprint density at radius 3 is 2.60 bits per heavy atom. The van der Waals surface area contributed by atoms with E-state index < -0.39 is 36.3 Å². The number of aromatic nitrogens is 2. The fourth-order valence-electron chi connectivity index (χ4n) is 2.43. The van der Waals surface area contributed by atoms with Crippen molar-refractivity contribution in [3.8, 4) is 0 Å². The van der Waals surface area contributed by atoms with E-state index in [-0.39, 0.29) is 23.0 Å². The molecule has 1 heterocycles. The second-order valence-corrected chi connectivity index (χ2v) is 5.52. The van der Waals surface area contributed by atoms with Gasteiger partial charge in [0.05, 0.1) is 11.0 Å². The highest BCUT2D eigenvalue weighted by molar-refractivity contribution is 5.99. The number of hydrogen-bond donors (Lipinski definition) is 3. The summed E-state index contributed by atoms with van der Waals surface area (Å²) in [5, 5.41) is 11.4. The Hall–Kier alpha value is -2.78. The smallest absolute Gasteiger partial charge is 0.406 e. The van der Waals surface area contributed by atoms with Crippen molar-refractivity contribution in [1.29, 1.82) is 0 Å². The molecular formula is C15H16F3N3O4. The lowest BCUT2D eigenvalue weighted by molar-refractivity contribution is -0.141. The van der Waals surface area contributed by atoms with Gasteiger partial charge in [-0.15, -0.1) is 0 Å². The molecule has 0 saturated carbocycles. The van der Waals surface area contributed by atoms with Crippen molar-refractivity contribution in [2.75, 3.05) is 0 Å². The number of rotatable bonds is 6. The molecule has 136 valence electrons. The summed E-state index contributed by atoms with van der Waals surface area (Å²) in [6, 6.07) is 2.60. The summed E-state index contributed by atoms with van der Waals surface area (Å²) in [5.41, 5.74) is -0.846. The monoisotopic (exact) mass is 359 g/mol. The zero-order valence-electron chi connectivity index (χ0n) is 13.2. The molecule has 1 aromatic carbocycles. The number of carbonyl (C=O) groups is 2. The molecule has 1 amide bonds. The second-order valence-electron chi connectivity index (χ2n) is 5.52. The quantitative estimate of drug-likeness (QED) is 0.732. The average molecular weight is 359 g/mol. The van der Waals surface area contributed by atoms with Crippen LogP contribution in [0.1, 0.15) is 30.1 Å². The van der Waals surface area contributed by atoms with Crippen LogP contribution in [0.3, 0.4) is 0 Å². The molecule has 1 unspecified atom stereocenters. The van der Waals surface area contributed by atoms with E-state index in [1.165, 1.54) is 18.2 Å². The molecule has 7 nitrogen and oxygen atoms in total. The number of carboxylic acid groups (broad SMARTS) is 1. The first kappa shape index (κ1) is 18.6. The largest absolute Gasteiger partial charge is 0.480 e. The molecule has 0 radical (unpaired) electrons. The van der Waals surface area contributed by atoms with Gasteiger partial charge in [-0.25, -0.2) is 9.59 Å². The van der Waals surface area contributed by atoms with Crippen LogP contribution in [0.15, 0.2) is 23.0 Å². The van der Waals surface area contributed by atoms with Crippen LogP contribution in [0.2, 0.25) is 0 Å². The molecule has 0 aliphatic carbocycles. The minimum absolute atomic E-state index is 0.00205. The molecule has 0 spiro atoms. The molecule has 10 heteroatoms. The minimum atomic E-state index is -4.57. The van der Waals surface area contributed by atoms with E-state index in [9.17, 15) is 27.6 Å². The van der Waals surface area contributed by atoms with Crippen LogP contribution in [0.25, 0.3) is 11.0 Å². The lowest BCUT2D eigenvalue weighted by Crippen LogP contribution is -2.40. The summed E-state index contributed by atoms with van der Waals surface area (Å²) in [6.45, 7) is 0.317. The molecular weight excluding hydrogens is 343 g/mol. The standard InChI is InChI=1S/C15H16F3N3O4/c1-2-3-9(13(23)24)19-12(22)8-4-5-11-10(6-8)20-14(25)21(11)7-15(16,17)18/h4-6,9H,2-3,7H2,1H3,(H,19,22)(H,20,25)(H,23,24). The van der Waals surface area contributed by atoms with Gasteiger partial charge in [-0.3, -0.25) is 9.36 Å². The maximum absolute atomic E-state index is 12.5. The van der Waals surface area contributed by atoms with Crippen molar-refractivity contribution in [2.45, 2.75) is 38.5 Å². The minimum Gasteiger partial charge on any atom is -0.480 e. The highest BCUT2D eigenvalue weighted by atomic mass is 19.4. The van der Waals surface area contributed by atoms with E-state index in [4.69, 9.17) is 5.11 Å². The lowest BCUT2D eigenvalue weighted by Gasteiger charge is -2.13. The normalized spacial score (nSPS) is 13.0. The molecule has 0 aliphatic heterocycles. The van der Waals surface area contributed by atoms with E-state index in [1.54, 1.807) is 6.92 Å². The first-order valence-corrected chi connectivity index (χ1v) is 7.45. The van der Waals surface area contributed by atoms with Crippen molar-refractivity contribution in [3.63, 3.8) is 0 Å². The number of nitrogens with one attached hydrogen (secondary N) is 2. The Bertz CT molecular complexity index is 854.